The number of aromatic nitrogens is 1. The van der Waals surface area contributed by atoms with Gasteiger partial charge in [0.15, 0.2) is 0 Å². The Morgan fingerprint density at radius 1 is 1.50 bits per heavy atom. The number of Topliss-reactive ketones (excluding diaryl/α,β-unsaturated/α-hetero) is 1. The summed E-state index contributed by atoms with van der Waals surface area (Å²) >= 11 is 3.21. The fraction of sp³-hybridized carbons (Fsp3) is 0.222. The number of carbonyl (C=O) groups is 2. The second-order valence-electron chi connectivity index (χ2n) is 2.90. The zero-order valence-electron chi connectivity index (χ0n) is 7.45. The minimum absolute atomic E-state index is 0.381. The van der Waals surface area contributed by atoms with Crippen LogP contribution < -0.4 is 4.90 Å². The fourth-order valence-corrected chi connectivity index (χ4v) is 1.77. The van der Waals surface area contributed by atoms with Gasteiger partial charge in [0.1, 0.15) is 5.82 Å². The van der Waals surface area contributed by atoms with Crippen molar-refractivity contribution >= 4 is 33.4 Å². The number of nitrogens with zero attached hydrogens (tertiary/aromatic N) is 2. The molecule has 1 amide bonds. The molecule has 0 aromatic carbocycles. The summed E-state index contributed by atoms with van der Waals surface area (Å²) in [5.41, 5.74) is 0.381. The molecule has 0 radical (unpaired) electrons. The molecular formula is C9H7BrN2O2. The van der Waals surface area contributed by atoms with E-state index >= 15 is 0 Å². The summed E-state index contributed by atoms with van der Waals surface area (Å²) in [6, 6.07) is 1.62. The molecule has 4 nitrogen and oxygen atoms in total. The van der Waals surface area contributed by atoms with Crippen molar-refractivity contribution in [1.82, 2.24) is 4.98 Å². The number of ketones is 1. The van der Waals surface area contributed by atoms with Gasteiger partial charge in [0.25, 0.3) is 5.78 Å². The van der Waals surface area contributed by atoms with Crippen molar-refractivity contribution in [1.29, 1.82) is 0 Å². The molecule has 0 unspecified atom stereocenters. The minimum atomic E-state index is -0.492. The van der Waals surface area contributed by atoms with Crippen molar-refractivity contribution in [2.24, 2.45) is 0 Å². The molecule has 1 aliphatic heterocycles. The van der Waals surface area contributed by atoms with Crippen LogP contribution >= 0.6 is 15.9 Å². The molecule has 1 aromatic heterocycles. The largest absolute Gasteiger partial charge is 0.300 e. The number of hydrogen-bond acceptors (Lipinski definition) is 3. The van der Waals surface area contributed by atoms with Crippen molar-refractivity contribution < 1.29 is 9.59 Å². The Kier molecular flexibility index (Phi) is 2.11. The zero-order chi connectivity index (χ0) is 10.3. The number of pyridine rings is 1. The standard InChI is InChI=1S/C9H7BrN2O2/c1-2-12-8-6(7(13)9(12)14)3-5(10)4-11-8/h3-4H,2H2,1H3. The highest BCUT2D eigenvalue weighted by Crippen LogP contribution is 2.28. The molecule has 1 aliphatic rings. The third kappa shape index (κ3) is 1.16. The first-order valence-corrected chi connectivity index (χ1v) is 4.96. The van der Waals surface area contributed by atoms with Crippen LogP contribution in [0.15, 0.2) is 16.7 Å². The third-order valence-electron chi connectivity index (χ3n) is 2.09. The van der Waals surface area contributed by atoms with E-state index in [2.05, 4.69) is 20.9 Å². The molecule has 0 spiro atoms. The van der Waals surface area contributed by atoms with Crippen LogP contribution in [0.2, 0.25) is 0 Å². The Morgan fingerprint density at radius 2 is 2.21 bits per heavy atom. The molecule has 0 fully saturated rings. The van der Waals surface area contributed by atoms with Gasteiger partial charge < -0.3 is 0 Å². The van der Waals surface area contributed by atoms with Crippen molar-refractivity contribution in [2.75, 3.05) is 11.4 Å². The maximum absolute atomic E-state index is 11.5. The second kappa shape index (κ2) is 3.16. The van der Waals surface area contributed by atoms with Crippen LogP contribution in [-0.2, 0) is 4.79 Å². The van der Waals surface area contributed by atoms with Gasteiger partial charge in [0, 0.05) is 17.2 Å². The normalized spacial score (nSPS) is 14.9. The summed E-state index contributed by atoms with van der Waals surface area (Å²) in [4.78, 5) is 28.3. The summed E-state index contributed by atoms with van der Waals surface area (Å²) < 4.78 is 0.704. The summed E-state index contributed by atoms with van der Waals surface area (Å²) in [6.07, 6.45) is 1.58. The number of amides is 1. The van der Waals surface area contributed by atoms with Crippen LogP contribution in [-0.4, -0.2) is 23.2 Å². The molecule has 2 heterocycles. The number of halogens is 1. The predicted molar refractivity (Wildman–Crippen MR) is 54.3 cm³/mol. The molecule has 5 heteroatoms. The lowest BCUT2D eigenvalue weighted by Gasteiger charge is -2.11. The lowest BCUT2D eigenvalue weighted by atomic mass is 10.2. The van der Waals surface area contributed by atoms with E-state index in [-0.39, 0.29) is 0 Å². The van der Waals surface area contributed by atoms with Crippen molar-refractivity contribution in [2.45, 2.75) is 6.92 Å². The molecule has 1 aromatic rings. The van der Waals surface area contributed by atoms with E-state index in [1.807, 2.05) is 6.92 Å². The molecule has 0 atom stereocenters. The van der Waals surface area contributed by atoms with Crippen molar-refractivity contribution in [3.05, 3.63) is 22.3 Å². The highest BCUT2D eigenvalue weighted by molar-refractivity contribution is 9.10. The van der Waals surface area contributed by atoms with E-state index < -0.39 is 11.7 Å². The molecule has 14 heavy (non-hydrogen) atoms. The van der Waals surface area contributed by atoms with Gasteiger partial charge >= 0.3 is 5.91 Å². The Hall–Kier alpha value is -1.23. The van der Waals surface area contributed by atoms with Crippen LogP contribution in [0.4, 0.5) is 5.82 Å². The van der Waals surface area contributed by atoms with E-state index in [4.69, 9.17) is 0 Å². The van der Waals surface area contributed by atoms with Gasteiger partial charge in [-0.05, 0) is 28.9 Å². The lowest BCUT2D eigenvalue weighted by Crippen LogP contribution is -2.29. The van der Waals surface area contributed by atoms with E-state index in [0.717, 1.165) is 0 Å². The average Bonchev–Trinajstić information content (AvgIpc) is 2.41. The summed E-state index contributed by atoms with van der Waals surface area (Å²) in [5.74, 6) is -0.505. The summed E-state index contributed by atoms with van der Waals surface area (Å²) in [6.45, 7) is 2.27. The van der Waals surface area contributed by atoms with E-state index in [0.29, 0.717) is 22.4 Å². The van der Waals surface area contributed by atoms with Gasteiger partial charge in [-0.15, -0.1) is 0 Å². The number of likely N-dealkylation sites (N-methyl/N-ethyl adjacent to an activating group) is 1. The molecular weight excluding hydrogens is 248 g/mol. The van der Waals surface area contributed by atoms with E-state index in [1.54, 1.807) is 12.3 Å². The molecule has 2 rings (SSSR count). The first-order chi connectivity index (χ1) is 6.65. The van der Waals surface area contributed by atoms with Crippen LogP contribution in [0.3, 0.4) is 0 Å². The smallest absolute Gasteiger partial charge is 0.289 e. The van der Waals surface area contributed by atoms with Crippen LogP contribution in [0.1, 0.15) is 17.3 Å². The predicted octanol–water partition coefficient (Wildman–Crippen LogP) is 1.39. The Labute approximate surface area is 89.1 Å². The summed E-state index contributed by atoms with van der Waals surface area (Å²) in [7, 11) is 0. The van der Waals surface area contributed by atoms with Crippen LogP contribution in [0.5, 0.6) is 0 Å². The number of rotatable bonds is 1. The Morgan fingerprint density at radius 3 is 2.86 bits per heavy atom. The van der Waals surface area contributed by atoms with Crippen molar-refractivity contribution in [3.8, 4) is 0 Å². The monoisotopic (exact) mass is 254 g/mol. The number of carbonyl (C=O) groups excluding carboxylic acids is 2. The minimum Gasteiger partial charge on any atom is -0.289 e. The third-order valence-corrected chi connectivity index (χ3v) is 2.52. The van der Waals surface area contributed by atoms with Gasteiger partial charge in [-0.25, -0.2) is 4.98 Å². The topological polar surface area (TPSA) is 50.3 Å². The quantitative estimate of drug-likeness (QED) is 0.712. The molecule has 0 aliphatic carbocycles. The number of anilines is 1. The fourth-order valence-electron chi connectivity index (χ4n) is 1.44. The molecule has 72 valence electrons. The van der Waals surface area contributed by atoms with Crippen LogP contribution in [0, 0.1) is 0 Å². The highest BCUT2D eigenvalue weighted by atomic mass is 79.9. The molecule has 0 N–H and O–H groups in total. The maximum atomic E-state index is 11.5. The van der Waals surface area contributed by atoms with Crippen LogP contribution in [0.25, 0.3) is 0 Å². The van der Waals surface area contributed by atoms with Crippen molar-refractivity contribution in [3.63, 3.8) is 0 Å². The first-order valence-electron chi connectivity index (χ1n) is 4.17. The van der Waals surface area contributed by atoms with E-state index in [9.17, 15) is 9.59 Å². The average molecular weight is 255 g/mol. The Balaban J connectivity index is 2.61. The van der Waals surface area contributed by atoms with Gasteiger partial charge in [-0.3, -0.25) is 14.5 Å². The first kappa shape index (κ1) is 9.33. The lowest BCUT2D eigenvalue weighted by molar-refractivity contribution is -0.114. The van der Waals surface area contributed by atoms with Gasteiger partial charge in [-0.2, -0.15) is 0 Å². The zero-order valence-corrected chi connectivity index (χ0v) is 9.04. The summed E-state index contributed by atoms with van der Waals surface area (Å²) in [5, 5.41) is 0. The molecule has 0 saturated heterocycles. The number of hydrogen-bond donors (Lipinski definition) is 0. The molecule has 0 bridgehead atoms. The Bertz CT molecular complexity index is 431. The number of fused-ring (bicyclic) bond motifs is 1. The highest BCUT2D eigenvalue weighted by Gasteiger charge is 2.35. The SMILES string of the molecule is CCN1C(=O)C(=O)c2cc(Br)cnc21. The van der Waals surface area contributed by atoms with Gasteiger partial charge in [-0.1, -0.05) is 0 Å². The van der Waals surface area contributed by atoms with Gasteiger partial charge in [0.2, 0.25) is 0 Å². The second-order valence-corrected chi connectivity index (χ2v) is 3.82. The molecule has 0 saturated carbocycles. The van der Waals surface area contributed by atoms with E-state index in [1.165, 1.54) is 4.90 Å². The maximum Gasteiger partial charge on any atom is 0.300 e. The van der Waals surface area contributed by atoms with Gasteiger partial charge in [0.05, 0.1) is 5.56 Å².